The predicted octanol–water partition coefficient (Wildman–Crippen LogP) is 2.67. The fraction of sp³-hybridized carbons (Fsp3) is 0.125. The van der Waals surface area contributed by atoms with Gasteiger partial charge in [0.05, 0.1) is 12.5 Å². The van der Waals surface area contributed by atoms with Crippen molar-refractivity contribution in [1.82, 2.24) is 0 Å². The van der Waals surface area contributed by atoms with Crippen molar-refractivity contribution in [2.24, 2.45) is 0 Å². The van der Waals surface area contributed by atoms with Crippen molar-refractivity contribution in [2.45, 2.75) is 6.42 Å². The van der Waals surface area contributed by atoms with Gasteiger partial charge in [0.25, 0.3) is 0 Å². The van der Waals surface area contributed by atoms with Gasteiger partial charge in [0.15, 0.2) is 28.9 Å². The fourth-order valence-electron chi connectivity index (χ4n) is 1.89. The van der Waals surface area contributed by atoms with E-state index in [0.29, 0.717) is 17.6 Å². The molecule has 0 unspecified atom stereocenters. The zero-order valence-corrected chi connectivity index (χ0v) is 12.1. The highest BCUT2D eigenvalue weighted by molar-refractivity contribution is 5.76. The van der Waals surface area contributed by atoms with Crippen LogP contribution in [0.2, 0.25) is 0 Å². The summed E-state index contributed by atoms with van der Waals surface area (Å²) in [7, 11) is 0. The lowest BCUT2D eigenvalue weighted by atomic mass is 10.1. The standard InChI is InChI=1S/C9H6FNO2.C7H5FO3/c10-7-3-6(1-2-11)4-8-9(7)13-5-12-8;8-5-1-4(3-9)2-6(10)7(5)11/h3-4H,1,5H2;1-3,10-11H. The Morgan fingerprint density at radius 3 is 2.54 bits per heavy atom. The lowest BCUT2D eigenvalue weighted by molar-refractivity contribution is 0.112. The van der Waals surface area contributed by atoms with E-state index in [2.05, 4.69) is 0 Å². The molecule has 0 fully saturated rings. The van der Waals surface area contributed by atoms with Crippen LogP contribution in [0.1, 0.15) is 15.9 Å². The van der Waals surface area contributed by atoms with Gasteiger partial charge in [0.1, 0.15) is 6.29 Å². The number of hydrogen-bond donors (Lipinski definition) is 2. The van der Waals surface area contributed by atoms with Crippen LogP contribution in [0.4, 0.5) is 8.78 Å². The van der Waals surface area contributed by atoms with Gasteiger partial charge in [-0.05, 0) is 29.8 Å². The van der Waals surface area contributed by atoms with Crippen molar-refractivity contribution < 1.29 is 33.3 Å². The lowest BCUT2D eigenvalue weighted by Crippen LogP contribution is -1.93. The zero-order valence-electron chi connectivity index (χ0n) is 12.1. The summed E-state index contributed by atoms with van der Waals surface area (Å²) in [6.07, 6.45) is 0.551. The number of benzene rings is 2. The van der Waals surface area contributed by atoms with Crippen LogP contribution in [0.3, 0.4) is 0 Å². The number of aromatic hydroxyl groups is 2. The van der Waals surface area contributed by atoms with Crippen molar-refractivity contribution >= 4 is 6.29 Å². The summed E-state index contributed by atoms with van der Waals surface area (Å²) in [6.45, 7) is 0.0439. The van der Waals surface area contributed by atoms with E-state index in [1.165, 1.54) is 6.07 Å². The summed E-state index contributed by atoms with van der Waals surface area (Å²) in [5, 5.41) is 25.9. The normalized spacial score (nSPS) is 11.2. The van der Waals surface area contributed by atoms with Gasteiger partial charge in [-0.15, -0.1) is 0 Å². The van der Waals surface area contributed by atoms with E-state index in [0.717, 1.165) is 12.1 Å². The molecule has 0 radical (unpaired) electrons. The predicted molar refractivity (Wildman–Crippen MR) is 77.0 cm³/mol. The molecule has 0 amide bonds. The van der Waals surface area contributed by atoms with E-state index in [-0.39, 0.29) is 24.5 Å². The molecule has 0 bridgehead atoms. The summed E-state index contributed by atoms with van der Waals surface area (Å²) in [5.41, 5.74) is 0.585. The first-order valence-corrected chi connectivity index (χ1v) is 6.58. The SMILES string of the molecule is N#CCc1cc(F)c2c(c1)OCO2.O=Cc1cc(O)c(O)c(F)c1. The van der Waals surface area contributed by atoms with E-state index >= 15 is 0 Å². The summed E-state index contributed by atoms with van der Waals surface area (Å²) < 4.78 is 35.5. The first kappa shape index (κ1) is 17.0. The number of fused-ring (bicyclic) bond motifs is 1. The Bertz CT molecular complexity index is 794. The zero-order chi connectivity index (χ0) is 17.7. The van der Waals surface area contributed by atoms with Crippen LogP contribution in [-0.2, 0) is 6.42 Å². The molecule has 1 aliphatic rings. The molecule has 0 saturated heterocycles. The molecule has 0 saturated carbocycles. The highest BCUT2D eigenvalue weighted by Crippen LogP contribution is 2.35. The summed E-state index contributed by atoms with van der Waals surface area (Å²) in [6, 6.07) is 6.66. The Morgan fingerprint density at radius 2 is 1.92 bits per heavy atom. The first-order valence-electron chi connectivity index (χ1n) is 6.58. The minimum absolute atomic E-state index is 0.0159. The van der Waals surface area contributed by atoms with Gasteiger partial charge in [0, 0.05) is 5.56 Å². The summed E-state index contributed by atoms with van der Waals surface area (Å²) in [5.74, 6) is -2.43. The summed E-state index contributed by atoms with van der Waals surface area (Å²) in [4.78, 5) is 10.1. The minimum atomic E-state index is -1.01. The van der Waals surface area contributed by atoms with E-state index in [4.69, 9.17) is 24.9 Å². The number of carbonyl (C=O) groups excluding carboxylic acids is 1. The van der Waals surface area contributed by atoms with Crippen LogP contribution >= 0.6 is 0 Å². The second-order valence-electron chi connectivity index (χ2n) is 4.63. The van der Waals surface area contributed by atoms with Crippen LogP contribution in [0.5, 0.6) is 23.0 Å². The van der Waals surface area contributed by atoms with Gasteiger partial charge >= 0.3 is 0 Å². The van der Waals surface area contributed by atoms with E-state index in [1.54, 1.807) is 6.07 Å². The third-order valence-electron chi connectivity index (χ3n) is 2.97. The van der Waals surface area contributed by atoms with Crippen LogP contribution in [-0.4, -0.2) is 23.3 Å². The molecule has 3 rings (SSSR count). The number of nitriles is 1. The van der Waals surface area contributed by atoms with E-state index < -0.39 is 23.1 Å². The van der Waals surface area contributed by atoms with Crippen molar-refractivity contribution in [1.29, 1.82) is 5.26 Å². The molecule has 2 aromatic rings. The Kier molecular flexibility index (Phi) is 5.16. The van der Waals surface area contributed by atoms with Gasteiger partial charge in [-0.2, -0.15) is 5.26 Å². The molecule has 124 valence electrons. The van der Waals surface area contributed by atoms with E-state index in [9.17, 15) is 13.6 Å². The number of aldehydes is 1. The molecule has 0 atom stereocenters. The maximum atomic E-state index is 13.2. The maximum absolute atomic E-state index is 13.2. The Labute approximate surface area is 135 Å². The van der Waals surface area contributed by atoms with Crippen molar-refractivity contribution in [3.05, 3.63) is 47.0 Å². The molecular formula is C16H11F2NO5. The Balaban J connectivity index is 0.000000177. The lowest BCUT2D eigenvalue weighted by Gasteiger charge is -1.99. The number of hydrogen-bond acceptors (Lipinski definition) is 6. The average Bonchev–Trinajstić information content (AvgIpc) is 3.02. The largest absolute Gasteiger partial charge is 0.504 e. The molecule has 2 N–H and O–H groups in total. The van der Waals surface area contributed by atoms with Crippen LogP contribution < -0.4 is 9.47 Å². The quantitative estimate of drug-likeness (QED) is 0.646. The molecule has 1 aliphatic heterocycles. The maximum Gasteiger partial charge on any atom is 0.231 e. The topological polar surface area (TPSA) is 99.8 Å². The van der Waals surface area contributed by atoms with Crippen LogP contribution in [0, 0.1) is 23.0 Å². The molecule has 8 heteroatoms. The number of halogens is 2. The average molecular weight is 335 g/mol. The third-order valence-corrected chi connectivity index (χ3v) is 2.97. The second kappa shape index (κ2) is 7.28. The number of ether oxygens (including phenoxy) is 2. The molecular weight excluding hydrogens is 324 g/mol. The number of carbonyl (C=O) groups is 1. The van der Waals surface area contributed by atoms with Gasteiger partial charge in [-0.3, -0.25) is 4.79 Å². The molecule has 2 aromatic carbocycles. The molecule has 0 aliphatic carbocycles. The van der Waals surface area contributed by atoms with Crippen molar-refractivity contribution in [3.63, 3.8) is 0 Å². The molecule has 0 spiro atoms. The number of rotatable bonds is 2. The molecule has 1 heterocycles. The van der Waals surface area contributed by atoms with E-state index in [1.807, 2.05) is 6.07 Å². The van der Waals surface area contributed by atoms with Gasteiger partial charge in [0.2, 0.25) is 12.5 Å². The van der Waals surface area contributed by atoms with Crippen LogP contribution in [0.15, 0.2) is 24.3 Å². The number of phenolic OH excluding ortho intramolecular Hbond substituents is 2. The monoisotopic (exact) mass is 335 g/mol. The molecule has 6 nitrogen and oxygen atoms in total. The first-order chi connectivity index (χ1) is 11.5. The Morgan fingerprint density at radius 1 is 1.17 bits per heavy atom. The highest BCUT2D eigenvalue weighted by Gasteiger charge is 2.19. The molecule has 24 heavy (non-hydrogen) atoms. The van der Waals surface area contributed by atoms with Crippen LogP contribution in [0.25, 0.3) is 0 Å². The molecule has 0 aromatic heterocycles. The smallest absolute Gasteiger partial charge is 0.231 e. The Hall–Kier alpha value is -3.34. The fourth-order valence-corrected chi connectivity index (χ4v) is 1.89. The number of nitrogens with zero attached hydrogens (tertiary/aromatic N) is 1. The van der Waals surface area contributed by atoms with Gasteiger partial charge in [-0.1, -0.05) is 0 Å². The summed E-state index contributed by atoms with van der Waals surface area (Å²) >= 11 is 0. The highest BCUT2D eigenvalue weighted by atomic mass is 19.1. The minimum Gasteiger partial charge on any atom is -0.504 e. The van der Waals surface area contributed by atoms with Gasteiger partial charge < -0.3 is 19.7 Å². The third kappa shape index (κ3) is 3.70. The van der Waals surface area contributed by atoms with Crippen molar-refractivity contribution in [3.8, 4) is 29.1 Å². The number of phenols is 2. The second-order valence-corrected chi connectivity index (χ2v) is 4.63. The van der Waals surface area contributed by atoms with Gasteiger partial charge in [-0.25, -0.2) is 8.78 Å². The van der Waals surface area contributed by atoms with Crippen molar-refractivity contribution in [2.75, 3.05) is 6.79 Å².